The van der Waals surface area contributed by atoms with Crippen LogP contribution in [-0.2, 0) is 9.53 Å². The van der Waals surface area contributed by atoms with E-state index in [9.17, 15) is 9.59 Å². The molecule has 7 aromatic rings. The predicted octanol–water partition coefficient (Wildman–Crippen LogP) is 9.31. The Balaban J connectivity index is 0.000000246. The largest absolute Gasteiger partial charge is 1.00 e. The minimum atomic E-state index is -0.626. The Kier molecular flexibility index (Phi) is 23.4. The van der Waals surface area contributed by atoms with Crippen LogP contribution >= 0.6 is 70.5 Å². The number of hydrogen-bond donors (Lipinski definition) is 1. The number of thiocarbonyl (C=S) groups is 1. The number of carbonyl (C=O) groups excluding carboxylic acids is 3. The van der Waals surface area contributed by atoms with Gasteiger partial charge in [0.25, 0.3) is 0 Å². The molecule has 64 heavy (non-hydrogen) atoms. The second-order valence-corrected chi connectivity index (χ2v) is 17.4. The number of ketones is 2. The van der Waals surface area contributed by atoms with Crippen molar-refractivity contribution < 1.29 is 53.4 Å². The van der Waals surface area contributed by atoms with Crippen LogP contribution in [0.25, 0.3) is 22.4 Å². The molecular formula is C47H41Cl3N5NaO5S3. The monoisotopic (exact) mass is 979 g/mol. The summed E-state index contributed by atoms with van der Waals surface area (Å²) < 4.78 is 10.7. The maximum Gasteiger partial charge on any atom is 1.00 e. The number of nitrogens with zero attached hydrogens (tertiary/aromatic N) is 4. The predicted molar refractivity (Wildman–Crippen MR) is 261 cm³/mol. The van der Waals surface area contributed by atoms with Gasteiger partial charge >= 0.3 is 29.6 Å². The van der Waals surface area contributed by atoms with Crippen molar-refractivity contribution in [3.05, 3.63) is 184 Å². The zero-order valence-electron chi connectivity index (χ0n) is 34.1. The van der Waals surface area contributed by atoms with E-state index in [1.807, 2.05) is 72.1 Å². The van der Waals surface area contributed by atoms with E-state index in [0.717, 1.165) is 38.6 Å². The van der Waals surface area contributed by atoms with Gasteiger partial charge in [0.05, 0.1) is 36.0 Å². The molecule has 1 aliphatic rings. The first-order valence-corrected chi connectivity index (χ1v) is 22.0. The van der Waals surface area contributed by atoms with Crippen molar-refractivity contribution in [1.82, 2.24) is 25.1 Å². The van der Waals surface area contributed by atoms with Crippen LogP contribution in [-0.4, -0.2) is 72.4 Å². The summed E-state index contributed by atoms with van der Waals surface area (Å²) in [5, 5.41) is 10.4. The van der Waals surface area contributed by atoms with Crippen molar-refractivity contribution in [2.24, 2.45) is 0 Å². The van der Waals surface area contributed by atoms with Crippen LogP contribution in [0, 0.1) is 0 Å². The molecule has 17 heteroatoms. The first kappa shape index (κ1) is 53.9. The van der Waals surface area contributed by atoms with Gasteiger partial charge < -0.3 is 14.3 Å². The number of aromatic nitrogens is 5. The third-order valence-corrected chi connectivity index (χ3v) is 13.4. The van der Waals surface area contributed by atoms with E-state index in [1.54, 1.807) is 105 Å². The fourth-order valence-corrected chi connectivity index (χ4v) is 8.81. The Hall–Kier alpha value is -4.41. The number of hydrogen-bond acceptors (Lipinski definition) is 12. The molecule has 0 radical (unpaired) electrons. The molecule has 324 valence electrons. The number of methoxy groups -OCH3 is 2. The quantitative estimate of drug-likeness (QED) is 0.0435. The number of rotatable bonds is 11. The van der Waals surface area contributed by atoms with Crippen molar-refractivity contribution in [2.75, 3.05) is 19.3 Å². The molecule has 3 aromatic carbocycles. The van der Waals surface area contributed by atoms with Gasteiger partial charge in [-0.2, -0.15) is 0 Å². The average Bonchev–Trinajstić information content (AvgIpc) is 3.74. The van der Waals surface area contributed by atoms with Crippen LogP contribution in [0.1, 0.15) is 51.1 Å². The fraction of sp³-hybridized carbons (Fsp3) is 0.149. The second kappa shape index (κ2) is 27.8. The van der Waals surface area contributed by atoms with Gasteiger partial charge in [-0.15, -0.1) is 28.6 Å². The van der Waals surface area contributed by atoms with Gasteiger partial charge in [0.15, 0.2) is 16.6 Å². The maximum absolute atomic E-state index is 12.8. The van der Waals surface area contributed by atoms with Gasteiger partial charge in [-0.25, -0.2) is 0 Å². The second-order valence-electron chi connectivity index (χ2n) is 12.8. The molecule has 1 fully saturated rings. The van der Waals surface area contributed by atoms with Crippen LogP contribution < -0.4 is 34.3 Å². The summed E-state index contributed by atoms with van der Waals surface area (Å²) in [6, 6.07) is 32.6. The molecule has 1 aliphatic heterocycles. The number of Topliss-reactive ketones (excluding diaryl/α,β-unsaturated/α-hetero) is 2. The van der Waals surface area contributed by atoms with E-state index < -0.39 is 5.92 Å². The smallest absolute Gasteiger partial charge is 0.545 e. The molecule has 0 spiro atoms. The molecule has 1 N–H and O–H groups in total. The summed E-state index contributed by atoms with van der Waals surface area (Å²) >= 11 is 26.5. The number of H-pyrrole nitrogens is 1. The molecular weight excluding hydrogens is 940 g/mol. The zero-order chi connectivity index (χ0) is 44.4. The summed E-state index contributed by atoms with van der Waals surface area (Å²) in [6.45, 7) is 3.25. The van der Waals surface area contributed by atoms with Gasteiger partial charge in [-0.1, -0.05) is 54.4 Å². The Morgan fingerprint density at radius 3 is 1.55 bits per heavy atom. The molecule has 0 amide bonds. The number of ether oxygens (including phenoxy) is 2. The molecule has 10 nitrogen and oxygen atoms in total. The van der Waals surface area contributed by atoms with Crippen LogP contribution in [0.3, 0.4) is 0 Å². The average molecular weight is 981 g/mol. The zero-order valence-corrected chi connectivity index (χ0v) is 40.8. The van der Waals surface area contributed by atoms with Crippen molar-refractivity contribution in [2.45, 2.75) is 23.8 Å². The Morgan fingerprint density at radius 1 is 0.672 bits per heavy atom. The standard InChI is InChI=1S/C15H12ClN3O.C15H12ClNO2S.C15H12ClNOS2.CHO.CH4.Na/c1-20-15-13(10-6-8-17-9-7-10)14(18-19-15)11-2-4-12(16)5-3-11;1-19-15(20)13(10-6-8-17-9-7-10)14(18)11-2-4-12(16)5-3-11;16-12-3-1-11(2-4-12)14(18)13(15-19-9-20-15)10-5-7-17-8-6-10;1-2;;/h2-9H,1H3,(H,18,19);2-9,13H,1H3;1-8,13,15H,9H2;1H;1H4;/q;;;-1;;+1. The summed E-state index contributed by atoms with van der Waals surface area (Å²) in [7, 11) is 3.07. The number of pyridine rings is 3. The molecule has 0 saturated carbocycles. The normalized spacial score (nSPS) is 12.1. The number of carbonyl (C=O) groups is 2. The van der Waals surface area contributed by atoms with Crippen LogP contribution in [0.5, 0.6) is 5.88 Å². The third kappa shape index (κ3) is 14.5. The SMILES string of the molecule is C.COC(=S)C(C(=O)c1ccc(Cl)cc1)c1ccncc1.COc1n[nH]c(-c2ccc(Cl)cc2)c1-c1ccncc1.O=C(c1ccc(Cl)cc1)C(c1ccncc1)C1SCS1.[CH-]=O.[Na+]. The number of nitrogens with one attached hydrogen (secondary N) is 1. The van der Waals surface area contributed by atoms with Crippen molar-refractivity contribution in [3.8, 4) is 28.3 Å². The number of benzene rings is 3. The summed E-state index contributed by atoms with van der Waals surface area (Å²) in [5.41, 5.74) is 6.84. The van der Waals surface area contributed by atoms with E-state index in [0.29, 0.717) is 36.7 Å². The maximum atomic E-state index is 12.8. The molecule has 5 heterocycles. The van der Waals surface area contributed by atoms with Gasteiger partial charge in [0.2, 0.25) is 5.88 Å². The van der Waals surface area contributed by atoms with Gasteiger partial charge in [-0.05, 0) is 126 Å². The van der Waals surface area contributed by atoms with Crippen LogP contribution in [0.15, 0.2) is 146 Å². The van der Waals surface area contributed by atoms with Gasteiger partial charge in [0, 0.05) is 74.0 Å². The Labute approximate surface area is 424 Å². The molecule has 0 bridgehead atoms. The van der Waals surface area contributed by atoms with Crippen LogP contribution in [0.2, 0.25) is 15.1 Å². The molecule has 0 aliphatic carbocycles. The van der Waals surface area contributed by atoms with E-state index in [1.165, 1.54) is 7.11 Å². The number of aromatic amines is 1. The third-order valence-electron chi connectivity index (χ3n) is 9.11. The number of halogens is 3. The topological polar surface area (TPSA) is 137 Å². The van der Waals surface area contributed by atoms with Gasteiger partial charge in [0.1, 0.15) is 5.92 Å². The Bertz CT molecular complexity index is 2510. The van der Waals surface area contributed by atoms with Crippen molar-refractivity contribution in [3.63, 3.8) is 0 Å². The summed E-state index contributed by atoms with van der Waals surface area (Å²) in [6.07, 6.45) is 10.2. The molecule has 1 saturated heterocycles. The minimum absolute atomic E-state index is 0. The molecule has 2 atom stereocenters. The first-order chi connectivity index (χ1) is 30.2. The van der Waals surface area contributed by atoms with Crippen molar-refractivity contribution in [1.29, 1.82) is 0 Å². The minimum Gasteiger partial charge on any atom is -0.545 e. The summed E-state index contributed by atoms with van der Waals surface area (Å²) in [5.74, 6) is -0.166. The number of thioether (sulfide) groups is 2. The Morgan fingerprint density at radius 2 is 1.11 bits per heavy atom. The van der Waals surface area contributed by atoms with Gasteiger partial charge in [-0.3, -0.25) is 36.4 Å². The van der Waals surface area contributed by atoms with E-state index in [4.69, 9.17) is 61.3 Å². The molecule has 8 rings (SSSR count). The van der Waals surface area contributed by atoms with E-state index >= 15 is 0 Å². The fourth-order valence-electron chi connectivity index (χ4n) is 6.07. The van der Waals surface area contributed by atoms with Crippen LogP contribution in [0.4, 0.5) is 0 Å². The molecule has 2 unspecified atom stereocenters. The first-order valence-electron chi connectivity index (χ1n) is 18.4. The molecule has 4 aromatic heterocycles. The summed E-state index contributed by atoms with van der Waals surface area (Å²) in [4.78, 5) is 45.2. The van der Waals surface area contributed by atoms with E-state index in [2.05, 4.69) is 31.9 Å². The van der Waals surface area contributed by atoms with Crippen molar-refractivity contribution >= 4 is 94.0 Å². The van der Waals surface area contributed by atoms with E-state index in [-0.39, 0.29) is 59.5 Å².